The molecule has 0 bridgehead atoms. The van der Waals surface area contributed by atoms with Gasteiger partial charge in [-0.2, -0.15) is 9.40 Å². The average molecular weight is 528 g/mol. The first-order valence-corrected chi connectivity index (χ1v) is 12.4. The maximum Gasteiger partial charge on any atom is 0.325 e. The predicted molar refractivity (Wildman–Crippen MR) is 123 cm³/mol. The number of benzene rings is 2. The van der Waals surface area contributed by atoms with Crippen LogP contribution in [-0.4, -0.2) is 40.6 Å². The first-order chi connectivity index (χ1) is 16.1. The summed E-state index contributed by atoms with van der Waals surface area (Å²) >= 11 is 12.0. The smallest absolute Gasteiger partial charge is 0.325 e. The highest BCUT2D eigenvalue weighted by Gasteiger charge is 2.34. The molecule has 4 rings (SSSR count). The van der Waals surface area contributed by atoms with E-state index in [1.807, 2.05) is 0 Å². The van der Waals surface area contributed by atoms with Crippen molar-refractivity contribution < 1.29 is 27.4 Å². The van der Waals surface area contributed by atoms with Gasteiger partial charge in [0, 0.05) is 23.3 Å². The molecule has 1 heterocycles. The summed E-state index contributed by atoms with van der Waals surface area (Å²) in [4.78, 5) is 11.0. The Morgan fingerprint density at radius 1 is 1.26 bits per heavy atom. The third-order valence-corrected chi connectivity index (χ3v) is 8.04. The van der Waals surface area contributed by atoms with E-state index in [0.717, 1.165) is 6.07 Å². The minimum atomic E-state index is -3.97. The molecule has 1 atom stereocenters. The number of carboxylic acids is 1. The summed E-state index contributed by atoms with van der Waals surface area (Å²) < 4.78 is 48.9. The average Bonchev–Trinajstić information content (AvgIpc) is 3.18. The number of carbonyl (C=O) groups is 1. The van der Waals surface area contributed by atoms with E-state index in [1.54, 1.807) is 0 Å². The molecule has 0 fully saturated rings. The van der Waals surface area contributed by atoms with Crippen molar-refractivity contribution in [2.45, 2.75) is 36.7 Å². The van der Waals surface area contributed by atoms with E-state index in [9.17, 15) is 17.6 Å². The van der Waals surface area contributed by atoms with Crippen LogP contribution in [0.1, 0.15) is 30.1 Å². The molecular weight excluding hydrogens is 508 g/mol. The van der Waals surface area contributed by atoms with Crippen LogP contribution in [0.5, 0.6) is 11.5 Å². The molecule has 1 unspecified atom stereocenters. The van der Waals surface area contributed by atoms with Crippen LogP contribution in [0.25, 0.3) is 0 Å². The van der Waals surface area contributed by atoms with Crippen LogP contribution >= 0.6 is 23.2 Å². The largest absolute Gasteiger partial charge is 0.480 e. The Balaban J connectivity index is 1.59. The Bertz CT molecular complexity index is 1360. The highest BCUT2D eigenvalue weighted by atomic mass is 35.5. The van der Waals surface area contributed by atoms with E-state index in [4.69, 9.17) is 33.0 Å². The van der Waals surface area contributed by atoms with Crippen LogP contribution in [0.4, 0.5) is 4.39 Å². The highest BCUT2D eigenvalue weighted by Crippen LogP contribution is 2.38. The summed E-state index contributed by atoms with van der Waals surface area (Å²) in [5, 5.41) is 13.4. The normalized spacial score (nSPS) is 15.9. The molecule has 0 radical (unpaired) electrons. The quantitative estimate of drug-likeness (QED) is 0.468. The second kappa shape index (κ2) is 9.53. The monoisotopic (exact) mass is 527 g/mol. The third-order valence-electron chi connectivity index (χ3n) is 5.65. The second-order valence-corrected chi connectivity index (χ2v) is 10.6. The molecule has 0 spiro atoms. The third kappa shape index (κ3) is 4.76. The lowest BCUT2D eigenvalue weighted by Crippen LogP contribution is -2.33. The fourth-order valence-corrected chi connectivity index (χ4v) is 5.81. The van der Waals surface area contributed by atoms with E-state index in [1.165, 1.54) is 52.6 Å². The van der Waals surface area contributed by atoms with Gasteiger partial charge in [-0.3, -0.25) is 9.48 Å². The fraction of sp³-hybridized carbons (Fsp3) is 0.273. The minimum Gasteiger partial charge on any atom is -0.480 e. The van der Waals surface area contributed by atoms with Gasteiger partial charge < -0.3 is 9.84 Å². The molecule has 180 valence electrons. The van der Waals surface area contributed by atoms with Crippen LogP contribution in [0, 0.1) is 5.82 Å². The Morgan fingerprint density at radius 2 is 2.00 bits per heavy atom. The van der Waals surface area contributed by atoms with Gasteiger partial charge in [0.1, 0.15) is 12.3 Å². The number of halogens is 3. The maximum atomic E-state index is 14.0. The first-order valence-electron chi connectivity index (χ1n) is 10.2. The first kappa shape index (κ1) is 24.5. The van der Waals surface area contributed by atoms with Crippen molar-refractivity contribution in [2.24, 2.45) is 0 Å². The van der Waals surface area contributed by atoms with Crippen molar-refractivity contribution >= 4 is 39.2 Å². The van der Waals surface area contributed by atoms with E-state index in [2.05, 4.69) is 5.10 Å². The molecule has 12 heteroatoms. The number of sulfonamides is 1. The van der Waals surface area contributed by atoms with Crippen LogP contribution in [0.2, 0.25) is 10.0 Å². The zero-order valence-electron chi connectivity index (χ0n) is 17.9. The van der Waals surface area contributed by atoms with Gasteiger partial charge in [-0.05, 0) is 55.7 Å². The van der Waals surface area contributed by atoms with Gasteiger partial charge in [0.05, 0.1) is 22.2 Å². The standard InChI is InChI=1S/C22H20Cl2FN3O5S/c1-27(18-3-2-4-19-15(18)11-26-28(19)12-22(29)30)34(31,32)14-6-8-20(16(24)10-14)33-21-7-5-13(23)9-17(21)25/h5-11,18H,2-4,12H2,1H3,(H,29,30). The highest BCUT2D eigenvalue weighted by molar-refractivity contribution is 7.89. The molecule has 1 aliphatic rings. The van der Waals surface area contributed by atoms with Crippen LogP contribution < -0.4 is 4.74 Å². The molecule has 1 aromatic heterocycles. The van der Waals surface area contributed by atoms with Gasteiger partial charge >= 0.3 is 5.97 Å². The zero-order valence-corrected chi connectivity index (χ0v) is 20.2. The molecule has 34 heavy (non-hydrogen) atoms. The van der Waals surface area contributed by atoms with Gasteiger partial charge in [-0.1, -0.05) is 23.2 Å². The number of hydrogen-bond donors (Lipinski definition) is 1. The molecule has 1 aliphatic carbocycles. The molecule has 3 aromatic rings. The molecule has 0 saturated heterocycles. The van der Waals surface area contributed by atoms with E-state index in [-0.39, 0.29) is 33.0 Å². The number of aliphatic carboxylic acids is 1. The fourth-order valence-electron chi connectivity index (χ4n) is 3.97. The number of aromatic nitrogens is 2. The van der Waals surface area contributed by atoms with E-state index >= 15 is 0 Å². The lowest BCUT2D eigenvalue weighted by Gasteiger charge is -2.31. The minimum absolute atomic E-state index is 0.0116. The van der Waals surface area contributed by atoms with Crippen LogP contribution in [-0.2, 0) is 27.8 Å². The van der Waals surface area contributed by atoms with Gasteiger partial charge in [0.25, 0.3) is 0 Å². The summed E-state index contributed by atoms with van der Waals surface area (Å²) in [6, 6.07) is 7.32. The van der Waals surface area contributed by atoms with Gasteiger partial charge in [0.2, 0.25) is 10.0 Å². The van der Waals surface area contributed by atoms with E-state index < -0.39 is 27.9 Å². The Labute approximate surface area is 205 Å². The molecule has 1 N–H and O–H groups in total. The summed E-state index contributed by atoms with van der Waals surface area (Å²) in [7, 11) is -2.51. The van der Waals surface area contributed by atoms with Crippen molar-refractivity contribution in [3.8, 4) is 11.5 Å². The van der Waals surface area contributed by atoms with E-state index in [0.29, 0.717) is 30.5 Å². The topological polar surface area (TPSA) is 102 Å². The van der Waals surface area contributed by atoms with Crippen molar-refractivity contribution in [2.75, 3.05) is 7.05 Å². The number of nitrogens with zero attached hydrogens (tertiary/aromatic N) is 3. The second-order valence-electron chi connectivity index (χ2n) is 7.80. The molecule has 2 aromatic carbocycles. The summed E-state index contributed by atoms with van der Waals surface area (Å²) in [6.07, 6.45) is 3.39. The lowest BCUT2D eigenvalue weighted by molar-refractivity contribution is -0.137. The number of fused-ring (bicyclic) bond motifs is 1. The number of hydrogen-bond acceptors (Lipinski definition) is 5. The van der Waals surface area contributed by atoms with Crippen LogP contribution in [0.3, 0.4) is 0 Å². The van der Waals surface area contributed by atoms with Gasteiger partial charge in [0.15, 0.2) is 11.6 Å². The SMILES string of the molecule is CN(C1CCCc2c1cnn2CC(=O)O)S(=O)(=O)c1ccc(Oc2ccc(Cl)cc2F)c(Cl)c1. The molecule has 0 aliphatic heterocycles. The van der Waals surface area contributed by atoms with Crippen LogP contribution in [0.15, 0.2) is 47.5 Å². The van der Waals surface area contributed by atoms with Gasteiger partial charge in [-0.25, -0.2) is 12.8 Å². The zero-order chi connectivity index (χ0) is 24.6. The Hall–Kier alpha value is -2.66. The van der Waals surface area contributed by atoms with Crippen molar-refractivity contribution in [1.82, 2.24) is 14.1 Å². The summed E-state index contributed by atoms with van der Waals surface area (Å²) in [5.74, 6) is -1.73. The molecule has 8 nitrogen and oxygen atoms in total. The predicted octanol–water partition coefficient (Wildman–Crippen LogP) is 4.90. The lowest BCUT2D eigenvalue weighted by atomic mass is 9.93. The number of carboxylic acid groups (broad SMARTS) is 1. The Kier molecular flexibility index (Phi) is 6.86. The molecular formula is C22H20Cl2FN3O5S. The van der Waals surface area contributed by atoms with Gasteiger partial charge in [-0.15, -0.1) is 0 Å². The molecule has 0 amide bonds. The molecule has 0 saturated carbocycles. The summed E-state index contributed by atoms with van der Waals surface area (Å²) in [6.45, 7) is -0.288. The van der Waals surface area contributed by atoms with Crippen molar-refractivity contribution in [3.63, 3.8) is 0 Å². The Morgan fingerprint density at radius 3 is 2.68 bits per heavy atom. The maximum absolute atomic E-state index is 14.0. The van der Waals surface area contributed by atoms with Crippen molar-refractivity contribution in [1.29, 1.82) is 0 Å². The van der Waals surface area contributed by atoms with Crippen molar-refractivity contribution in [3.05, 3.63) is 69.7 Å². The number of ether oxygens (including phenoxy) is 1. The number of rotatable bonds is 7. The summed E-state index contributed by atoms with van der Waals surface area (Å²) in [5.41, 5.74) is 1.40.